The molecular formula is C32H36N6O7S3. The van der Waals surface area contributed by atoms with E-state index in [1.807, 2.05) is 36.4 Å². The largest absolute Gasteiger partial charge is 0.497 e. The normalized spacial score (nSPS) is 11.2. The van der Waals surface area contributed by atoms with Crippen LogP contribution >= 0.6 is 25.3 Å². The molecule has 6 aromatic rings. The number of benzene rings is 2. The summed E-state index contributed by atoms with van der Waals surface area (Å²) < 4.78 is 44.3. The summed E-state index contributed by atoms with van der Waals surface area (Å²) in [6.45, 7) is 0. The van der Waals surface area contributed by atoms with E-state index in [2.05, 4.69) is 29.9 Å². The van der Waals surface area contributed by atoms with Gasteiger partial charge in [0.25, 0.3) is 0 Å². The topological polar surface area (TPSA) is 156 Å². The van der Waals surface area contributed by atoms with Crippen LogP contribution in [0.25, 0.3) is 22.1 Å². The Hall–Kier alpha value is -4.67. The van der Waals surface area contributed by atoms with Crippen LogP contribution in [-0.2, 0) is 22.3 Å². The van der Waals surface area contributed by atoms with Gasteiger partial charge in [0.2, 0.25) is 0 Å². The van der Waals surface area contributed by atoms with Crippen molar-refractivity contribution in [3.05, 3.63) is 72.3 Å². The van der Waals surface area contributed by atoms with E-state index in [0.717, 1.165) is 38.7 Å². The van der Waals surface area contributed by atoms with Crippen LogP contribution in [0.1, 0.15) is 11.4 Å². The molecule has 6 rings (SSSR count). The second-order valence-electron chi connectivity index (χ2n) is 9.61. The second-order valence-corrected chi connectivity index (χ2v) is 11.9. The van der Waals surface area contributed by atoms with Crippen LogP contribution in [0.5, 0.6) is 34.5 Å². The van der Waals surface area contributed by atoms with Crippen LogP contribution in [0, 0.1) is 0 Å². The monoisotopic (exact) mass is 712 g/mol. The molecule has 1 atom stereocenters. The smallest absolute Gasteiger partial charge is 0.197 e. The molecule has 0 bridgehead atoms. The van der Waals surface area contributed by atoms with Gasteiger partial charge in [-0.15, -0.1) is 0 Å². The van der Waals surface area contributed by atoms with E-state index in [9.17, 15) is 4.21 Å². The Balaban J connectivity index is 0.000000212. The molecule has 0 saturated carbocycles. The van der Waals surface area contributed by atoms with E-state index in [1.165, 1.54) is 7.11 Å². The molecule has 4 heterocycles. The number of fused-ring (bicyclic) bond motifs is 2. The molecule has 2 N–H and O–H groups in total. The number of H-pyrrole nitrogens is 2. The number of ether oxygens (including phenoxy) is 6. The first kappa shape index (κ1) is 36.2. The molecule has 254 valence electrons. The zero-order valence-corrected chi connectivity index (χ0v) is 29.8. The Morgan fingerprint density at radius 1 is 0.667 bits per heavy atom. The van der Waals surface area contributed by atoms with Crippen LogP contribution < -0.4 is 28.4 Å². The van der Waals surface area contributed by atoms with Crippen molar-refractivity contribution in [1.29, 1.82) is 0 Å². The average molecular weight is 713 g/mol. The second kappa shape index (κ2) is 16.9. The van der Waals surface area contributed by atoms with Crippen LogP contribution in [0.3, 0.4) is 0 Å². The first-order valence-corrected chi connectivity index (χ1v) is 16.4. The number of rotatable bonds is 12. The summed E-state index contributed by atoms with van der Waals surface area (Å²) in [6, 6.07) is 14.7. The van der Waals surface area contributed by atoms with Gasteiger partial charge in [-0.2, -0.15) is 13.5 Å². The highest BCUT2D eigenvalue weighted by Crippen LogP contribution is 2.34. The zero-order valence-electron chi connectivity index (χ0n) is 27.2. The van der Waals surface area contributed by atoms with Crippen molar-refractivity contribution in [3.8, 4) is 34.5 Å². The molecule has 0 aliphatic heterocycles. The molecule has 0 spiro atoms. The van der Waals surface area contributed by atoms with E-state index >= 15 is 0 Å². The summed E-state index contributed by atoms with van der Waals surface area (Å²) >= 11 is 1.56. The highest BCUT2D eigenvalue weighted by Gasteiger charge is 2.18. The van der Waals surface area contributed by atoms with Crippen LogP contribution in [-0.4, -0.2) is 76.8 Å². The van der Waals surface area contributed by atoms with Gasteiger partial charge >= 0.3 is 0 Å². The molecule has 4 aromatic heterocycles. The van der Waals surface area contributed by atoms with E-state index in [-0.39, 0.29) is 19.2 Å². The van der Waals surface area contributed by atoms with Gasteiger partial charge in [0.05, 0.1) is 92.7 Å². The van der Waals surface area contributed by atoms with Gasteiger partial charge in [-0.3, -0.25) is 14.2 Å². The maximum absolute atomic E-state index is 12.7. The lowest BCUT2D eigenvalue weighted by Crippen LogP contribution is -2.04. The number of methoxy groups -OCH3 is 6. The van der Waals surface area contributed by atoms with Gasteiger partial charge in [-0.05, 0) is 24.3 Å². The van der Waals surface area contributed by atoms with E-state index in [4.69, 9.17) is 28.4 Å². The highest BCUT2D eigenvalue weighted by atomic mass is 32.2. The quantitative estimate of drug-likeness (QED) is 0.150. The number of nitrogens with one attached hydrogen (secondary N) is 2. The summed E-state index contributed by atoms with van der Waals surface area (Å²) in [4.78, 5) is 23.9. The number of thioether (sulfide) groups is 1. The number of hydrogen-bond acceptors (Lipinski definition) is 12. The fraction of sp³-hybridized carbons (Fsp3) is 0.250. The lowest BCUT2D eigenvalue weighted by atomic mass is 10.3. The lowest BCUT2D eigenvalue weighted by molar-refractivity contribution is 0.350. The van der Waals surface area contributed by atoms with Crippen molar-refractivity contribution in [1.82, 2.24) is 29.9 Å². The molecule has 0 aliphatic carbocycles. The number of nitrogens with zero attached hydrogens (tertiary/aromatic N) is 4. The summed E-state index contributed by atoms with van der Waals surface area (Å²) in [5, 5.41) is 1.20. The Bertz CT molecular complexity index is 2000. The van der Waals surface area contributed by atoms with Gasteiger partial charge in [0, 0.05) is 42.4 Å². The molecular weight excluding hydrogens is 677 g/mol. The molecule has 0 aliphatic rings. The number of aromatic amines is 2. The summed E-state index contributed by atoms with van der Waals surface area (Å²) in [5.41, 5.74) is 4.70. The van der Waals surface area contributed by atoms with Gasteiger partial charge in [0.1, 0.15) is 11.5 Å². The first-order chi connectivity index (χ1) is 22.9. The molecule has 0 unspecified atom stereocenters. The number of imidazole rings is 2. The minimum absolute atomic E-state index is 0. The Kier molecular flexibility index (Phi) is 12.8. The Morgan fingerprint density at radius 2 is 1.21 bits per heavy atom. The van der Waals surface area contributed by atoms with Crippen molar-refractivity contribution in [2.75, 3.05) is 42.7 Å². The summed E-state index contributed by atoms with van der Waals surface area (Å²) in [6.07, 6.45) is 3.30. The van der Waals surface area contributed by atoms with Crippen molar-refractivity contribution < 1.29 is 32.6 Å². The van der Waals surface area contributed by atoms with Gasteiger partial charge in [-0.1, -0.05) is 11.8 Å². The molecule has 0 radical (unpaired) electrons. The Labute approximate surface area is 291 Å². The van der Waals surface area contributed by atoms with Gasteiger partial charge in [-0.25, -0.2) is 9.97 Å². The van der Waals surface area contributed by atoms with E-state index in [1.54, 1.807) is 71.8 Å². The average Bonchev–Trinajstić information content (AvgIpc) is 3.73. The minimum Gasteiger partial charge on any atom is -0.497 e. The van der Waals surface area contributed by atoms with Crippen molar-refractivity contribution >= 4 is 58.1 Å². The lowest BCUT2D eigenvalue weighted by Gasteiger charge is -2.10. The molecule has 16 heteroatoms. The van der Waals surface area contributed by atoms with E-state index in [0.29, 0.717) is 45.4 Å². The zero-order chi connectivity index (χ0) is 33.3. The summed E-state index contributed by atoms with van der Waals surface area (Å²) in [7, 11) is 8.14. The molecule has 0 saturated heterocycles. The number of pyridine rings is 2. The molecule has 2 aromatic carbocycles. The van der Waals surface area contributed by atoms with Crippen molar-refractivity contribution in [2.45, 2.75) is 21.8 Å². The molecule has 48 heavy (non-hydrogen) atoms. The Morgan fingerprint density at radius 3 is 1.77 bits per heavy atom. The third-order valence-corrected chi connectivity index (χ3v) is 8.94. The van der Waals surface area contributed by atoms with Crippen LogP contribution in [0.4, 0.5) is 0 Å². The minimum atomic E-state index is -1.40. The SMILES string of the molecule is COc1ccc2nc(SCc3nccc(OC)c3OC)[nH]c2c1.COc1ccc2nc([S@@](=O)Cc3nccc(OC)c3OC)[nH]c2c1.S. The summed E-state index contributed by atoms with van der Waals surface area (Å²) in [5.74, 6) is 4.65. The fourth-order valence-corrected chi connectivity index (χ4v) is 6.44. The van der Waals surface area contributed by atoms with Gasteiger partial charge in [0.15, 0.2) is 33.3 Å². The number of hydrogen-bond donors (Lipinski definition) is 2. The molecule has 13 nitrogen and oxygen atoms in total. The third-order valence-electron chi connectivity index (χ3n) is 6.90. The molecule has 0 fully saturated rings. The van der Waals surface area contributed by atoms with Crippen LogP contribution in [0.15, 0.2) is 71.2 Å². The maximum Gasteiger partial charge on any atom is 0.197 e. The predicted molar refractivity (Wildman–Crippen MR) is 190 cm³/mol. The predicted octanol–water partition coefficient (Wildman–Crippen LogP) is 5.68. The van der Waals surface area contributed by atoms with Gasteiger partial charge < -0.3 is 38.4 Å². The third kappa shape index (κ3) is 8.24. The van der Waals surface area contributed by atoms with E-state index < -0.39 is 10.8 Å². The fourth-order valence-electron chi connectivity index (χ4n) is 4.60. The highest BCUT2D eigenvalue weighted by molar-refractivity contribution is 7.98. The van der Waals surface area contributed by atoms with Crippen LogP contribution in [0.2, 0.25) is 0 Å². The maximum atomic E-state index is 12.7. The van der Waals surface area contributed by atoms with Crippen molar-refractivity contribution in [3.63, 3.8) is 0 Å². The number of aromatic nitrogens is 6. The first-order valence-electron chi connectivity index (χ1n) is 14.1. The van der Waals surface area contributed by atoms with Crippen molar-refractivity contribution in [2.24, 2.45) is 0 Å². The standard InChI is InChI=1S/C16H17N3O4S.C16H17N3O3S.H2S/c1-21-10-4-5-11-12(8-10)19-16(18-11)24(20)9-13-15(23-3)14(22-2)6-7-17-13;1-20-10-4-5-11-12(8-10)19-16(18-11)23-9-13-15(22-3)14(21-2)6-7-17-13;/h4-8H,9H2,1-3H3,(H,18,19);4-8H,9H2,1-3H3,(H,18,19);1H2/t24-;;/m0../s1. The molecule has 0 amide bonds.